The number of amides is 2. The first-order valence-corrected chi connectivity index (χ1v) is 13.5. The molecule has 14 heteroatoms. The minimum Gasteiger partial charge on any atom is -0.508 e. The number of rotatable bonds is 10. The number of phenolic OH excluding ortho intramolecular Hbond substituents is 1. The number of nitrogens with zero attached hydrogens (tertiary/aromatic N) is 3. The Hall–Kier alpha value is -4.11. The molecule has 2 amide bonds. The van der Waals surface area contributed by atoms with Gasteiger partial charge >= 0.3 is 0 Å². The summed E-state index contributed by atoms with van der Waals surface area (Å²) < 4.78 is 29.5. The van der Waals surface area contributed by atoms with Crippen LogP contribution < -0.4 is 15.5 Å². The van der Waals surface area contributed by atoms with E-state index in [0.29, 0.717) is 16.0 Å². The van der Waals surface area contributed by atoms with Gasteiger partial charge in [0.25, 0.3) is 11.8 Å². The van der Waals surface area contributed by atoms with Crippen LogP contribution in [-0.2, 0) is 27.8 Å². The van der Waals surface area contributed by atoms with Crippen molar-refractivity contribution in [3.63, 3.8) is 0 Å². The Morgan fingerprint density at radius 2 is 1.76 bits per heavy atom. The molecular formula is C24H24N6O6S2. The minimum absolute atomic E-state index is 0.0732. The number of nitrogens with one attached hydrogen (secondary N) is 3. The standard InChI is InChI=1S/C24H24N6O6S2/c1-25-23(32)17-6-4-16(5-7-17)21-10-11-22(37-21)38(35,36)26-13-18-14-30(29-27-18)20(24(33)28-34)12-15-2-8-19(31)9-3-15/h2-11,14,20,26,31,34H,12-13H2,1H3,(H,25,32)(H,28,33). The second-order valence-corrected chi connectivity index (χ2v) is 11.2. The molecule has 0 saturated carbocycles. The third-order valence-corrected chi connectivity index (χ3v) is 8.63. The largest absolute Gasteiger partial charge is 0.508 e. The van der Waals surface area contributed by atoms with Crippen molar-refractivity contribution >= 4 is 33.2 Å². The maximum Gasteiger partial charge on any atom is 0.268 e. The van der Waals surface area contributed by atoms with Crippen molar-refractivity contribution in [3.05, 3.63) is 83.7 Å². The Kier molecular flexibility index (Phi) is 8.16. The van der Waals surface area contributed by atoms with Gasteiger partial charge < -0.3 is 10.4 Å². The van der Waals surface area contributed by atoms with Gasteiger partial charge in [-0.2, -0.15) is 0 Å². The second kappa shape index (κ2) is 11.5. The number of hydrogen-bond acceptors (Lipinski definition) is 9. The molecule has 1 atom stereocenters. The molecular weight excluding hydrogens is 532 g/mol. The molecule has 1 unspecified atom stereocenters. The van der Waals surface area contributed by atoms with Crippen molar-refractivity contribution in [2.45, 2.75) is 23.2 Å². The summed E-state index contributed by atoms with van der Waals surface area (Å²) in [5.74, 6) is -0.871. The fraction of sp³-hybridized carbons (Fsp3) is 0.167. The number of thiophene rings is 1. The summed E-state index contributed by atoms with van der Waals surface area (Å²) in [6.45, 7) is -0.178. The minimum atomic E-state index is -3.87. The van der Waals surface area contributed by atoms with Crippen LogP contribution in [-0.4, -0.2) is 52.6 Å². The van der Waals surface area contributed by atoms with E-state index in [2.05, 4.69) is 20.4 Å². The molecule has 12 nitrogen and oxygen atoms in total. The number of aromatic hydroxyl groups is 1. The van der Waals surface area contributed by atoms with E-state index in [1.165, 1.54) is 29.1 Å². The average molecular weight is 557 g/mol. The quantitative estimate of drug-likeness (QED) is 0.145. The third-order valence-electron chi connectivity index (χ3n) is 5.60. The lowest BCUT2D eigenvalue weighted by atomic mass is 10.1. The molecule has 198 valence electrons. The fourth-order valence-electron chi connectivity index (χ4n) is 3.57. The highest BCUT2D eigenvalue weighted by Crippen LogP contribution is 2.31. The molecule has 4 rings (SSSR count). The number of hydroxylamine groups is 1. The van der Waals surface area contributed by atoms with Gasteiger partial charge in [-0.05, 0) is 47.5 Å². The van der Waals surface area contributed by atoms with Gasteiger partial charge in [0, 0.05) is 23.9 Å². The summed E-state index contributed by atoms with van der Waals surface area (Å²) in [6.07, 6.45) is 1.56. The molecule has 2 aromatic heterocycles. The van der Waals surface area contributed by atoms with Crippen LogP contribution in [0, 0.1) is 0 Å². The molecule has 0 aliphatic heterocycles. The van der Waals surface area contributed by atoms with Gasteiger partial charge in [0.1, 0.15) is 16.0 Å². The van der Waals surface area contributed by atoms with Gasteiger partial charge in [-0.15, -0.1) is 16.4 Å². The molecule has 0 bridgehead atoms. The lowest BCUT2D eigenvalue weighted by Gasteiger charge is -2.14. The van der Waals surface area contributed by atoms with Crippen LogP contribution in [0.4, 0.5) is 0 Å². The normalized spacial score (nSPS) is 12.2. The van der Waals surface area contributed by atoms with Crippen molar-refractivity contribution < 1.29 is 28.3 Å². The van der Waals surface area contributed by atoms with Crippen LogP contribution in [0.25, 0.3) is 10.4 Å². The zero-order valence-corrected chi connectivity index (χ0v) is 21.7. The summed E-state index contributed by atoms with van der Waals surface area (Å²) in [5.41, 5.74) is 3.83. The van der Waals surface area contributed by atoms with E-state index in [1.54, 1.807) is 55.0 Å². The van der Waals surface area contributed by atoms with E-state index in [-0.39, 0.29) is 34.5 Å². The second-order valence-electron chi connectivity index (χ2n) is 8.15. The average Bonchev–Trinajstić information content (AvgIpc) is 3.62. The number of benzene rings is 2. The number of phenols is 1. The maximum atomic E-state index is 12.9. The molecule has 2 heterocycles. The van der Waals surface area contributed by atoms with Gasteiger partial charge in [-0.3, -0.25) is 14.8 Å². The highest BCUT2D eigenvalue weighted by atomic mass is 32.2. The van der Waals surface area contributed by atoms with Crippen molar-refractivity contribution in [1.29, 1.82) is 0 Å². The monoisotopic (exact) mass is 556 g/mol. The van der Waals surface area contributed by atoms with Crippen molar-refractivity contribution in [1.82, 2.24) is 30.5 Å². The first-order valence-electron chi connectivity index (χ1n) is 11.2. The predicted molar refractivity (Wildman–Crippen MR) is 138 cm³/mol. The fourth-order valence-corrected chi connectivity index (χ4v) is 5.93. The Labute approximate surface area is 222 Å². The molecule has 0 saturated heterocycles. The number of carbonyl (C=O) groups is 2. The van der Waals surface area contributed by atoms with Crippen molar-refractivity contribution in [3.8, 4) is 16.2 Å². The zero-order valence-electron chi connectivity index (χ0n) is 20.0. The topological polar surface area (TPSA) is 176 Å². The van der Waals surface area contributed by atoms with E-state index in [9.17, 15) is 23.1 Å². The van der Waals surface area contributed by atoms with Crippen molar-refractivity contribution in [2.75, 3.05) is 7.05 Å². The molecule has 0 radical (unpaired) electrons. The SMILES string of the molecule is CNC(=O)c1ccc(-c2ccc(S(=O)(=O)NCc3cn(C(Cc4ccc(O)cc4)C(=O)NO)nn3)s2)cc1. The van der Waals surface area contributed by atoms with Gasteiger partial charge in [0.2, 0.25) is 10.0 Å². The molecule has 2 aromatic carbocycles. The Bertz CT molecular complexity index is 1530. The first kappa shape index (κ1) is 26.9. The highest BCUT2D eigenvalue weighted by molar-refractivity contribution is 7.91. The highest BCUT2D eigenvalue weighted by Gasteiger charge is 2.23. The number of aromatic nitrogens is 3. The molecule has 0 aliphatic rings. The van der Waals surface area contributed by atoms with Crippen LogP contribution in [0.3, 0.4) is 0 Å². The smallest absolute Gasteiger partial charge is 0.268 e. The Balaban J connectivity index is 1.44. The first-order chi connectivity index (χ1) is 18.2. The van der Waals surface area contributed by atoms with E-state index < -0.39 is 22.0 Å². The van der Waals surface area contributed by atoms with Crippen LogP contribution in [0.1, 0.15) is 27.7 Å². The van der Waals surface area contributed by atoms with Gasteiger partial charge in [0.05, 0.1) is 18.4 Å². The molecule has 5 N–H and O–H groups in total. The van der Waals surface area contributed by atoms with Gasteiger partial charge in [-0.25, -0.2) is 23.3 Å². The molecule has 0 spiro atoms. The van der Waals surface area contributed by atoms with E-state index in [4.69, 9.17) is 5.21 Å². The van der Waals surface area contributed by atoms with Crippen LogP contribution >= 0.6 is 11.3 Å². The zero-order chi connectivity index (χ0) is 27.3. The Morgan fingerprint density at radius 1 is 1.05 bits per heavy atom. The summed E-state index contributed by atoms with van der Waals surface area (Å²) in [5, 5.41) is 29.0. The summed E-state index contributed by atoms with van der Waals surface area (Å²) >= 11 is 1.08. The third kappa shape index (κ3) is 6.23. The molecule has 4 aromatic rings. The van der Waals surface area contributed by atoms with Crippen LogP contribution in [0.15, 0.2) is 71.1 Å². The number of hydrogen-bond donors (Lipinski definition) is 5. The van der Waals surface area contributed by atoms with Crippen LogP contribution in [0.5, 0.6) is 5.75 Å². The Morgan fingerprint density at radius 3 is 2.42 bits per heavy atom. The van der Waals surface area contributed by atoms with E-state index in [1.807, 2.05) is 0 Å². The van der Waals surface area contributed by atoms with E-state index >= 15 is 0 Å². The number of carbonyl (C=O) groups excluding carboxylic acids is 2. The molecule has 0 fully saturated rings. The lowest BCUT2D eigenvalue weighted by molar-refractivity contribution is -0.133. The van der Waals surface area contributed by atoms with Gasteiger partial charge in [-0.1, -0.05) is 29.5 Å². The molecule has 0 aliphatic carbocycles. The molecule has 38 heavy (non-hydrogen) atoms. The summed E-state index contributed by atoms with van der Waals surface area (Å²) in [6, 6.07) is 15.2. The van der Waals surface area contributed by atoms with Crippen LogP contribution in [0.2, 0.25) is 0 Å². The maximum absolute atomic E-state index is 12.9. The summed E-state index contributed by atoms with van der Waals surface area (Å²) in [7, 11) is -2.33. The van der Waals surface area contributed by atoms with Crippen molar-refractivity contribution in [2.24, 2.45) is 0 Å². The number of sulfonamides is 1. The summed E-state index contributed by atoms with van der Waals surface area (Å²) in [4.78, 5) is 24.7. The van der Waals surface area contributed by atoms with Gasteiger partial charge in [0.15, 0.2) is 0 Å². The van der Waals surface area contributed by atoms with E-state index in [0.717, 1.165) is 16.9 Å². The lowest BCUT2D eigenvalue weighted by Crippen LogP contribution is -2.32. The predicted octanol–water partition coefficient (Wildman–Crippen LogP) is 1.84.